The maximum atomic E-state index is 11.5. The Morgan fingerprint density at radius 3 is 2.53 bits per heavy atom. The lowest BCUT2D eigenvalue weighted by atomic mass is 10.1. The summed E-state index contributed by atoms with van der Waals surface area (Å²) in [4.78, 5) is 23.7. The first-order chi connectivity index (χ1) is 7.02. The van der Waals surface area contributed by atoms with E-state index >= 15 is 0 Å². The number of nitrogens with zero attached hydrogens (tertiary/aromatic N) is 1. The lowest BCUT2D eigenvalue weighted by Crippen LogP contribution is -2.36. The highest BCUT2D eigenvalue weighted by Crippen LogP contribution is 2.03. The van der Waals surface area contributed by atoms with Gasteiger partial charge in [-0.2, -0.15) is 0 Å². The number of terminal acetylenes is 1. The number of carboxylic acids is 1. The van der Waals surface area contributed by atoms with Crippen LogP contribution in [0.2, 0.25) is 0 Å². The molecule has 0 spiro atoms. The van der Waals surface area contributed by atoms with Crippen LogP contribution in [0.5, 0.6) is 0 Å². The number of aliphatic carboxylic acids is 1. The van der Waals surface area contributed by atoms with Crippen LogP contribution in [0.25, 0.3) is 0 Å². The first kappa shape index (κ1) is 13.5. The molecule has 0 aliphatic rings. The summed E-state index contributed by atoms with van der Waals surface area (Å²) in [5.41, 5.74) is 0. The zero-order chi connectivity index (χ0) is 11.8. The molecule has 15 heavy (non-hydrogen) atoms. The van der Waals surface area contributed by atoms with Crippen LogP contribution >= 0.6 is 0 Å². The molecule has 0 aromatic carbocycles. The van der Waals surface area contributed by atoms with Crippen LogP contribution in [0.1, 0.15) is 26.7 Å². The van der Waals surface area contributed by atoms with Gasteiger partial charge in [0.25, 0.3) is 0 Å². The average molecular weight is 211 g/mol. The molecule has 0 bridgehead atoms. The Morgan fingerprint density at radius 1 is 1.53 bits per heavy atom. The zero-order valence-electron chi connectivity index (χ0n) is 9.19. The topological polar surface area (TPSA) is 57.6 Å². The van der Waals surface area contributed by atoms with Gasteiger partial charge in [0.2, 0.25) is 5.91 Å². The van der Waals surface area contributed by atoms with Crippen LogP contribution in [0.15, 0.2) is 0 Å². The lowest BCUT2D eigenvalue weighted by Gasteiger charge is -2.22. The summed E-state index contributed by atoms with van der Waals surface area (Å²) < 4.78 is 0. The van der Waals surface area contributed by atoms with E-state index in [0.29, 0.717) is 13.0 Å². The van der Waals surface area contributed by atoms with Gasteiger partial charge in [0.15, 0.2) is 0 Å². The first-order valence-electron chi connectivity index (χ1n) is 4.97. The molecule has 1 N–H and O–H groups in total. The molecule has 0 aromatic heterocycles. The highest BCUT2D eigenvalue weighted by Gasteiger charge is 2.18. The third kappa shape index (κ3) is 5.06. The molecule has 4 heteroatoms. The fourth-order valence-electron chi connectivity index (χ4n) is 1.15. The van der Waals surface area contributed by atoms with Gasteiger partial charge in [-0.05, 0) is 6.92 Å². The van der Waals surface area contributed by atoms with E-state index in [0.717, 1.165) is 0 Å². The summed E-state index contributed by atoms with van der Waals surface area (Å²) in [6.45, 7) is 4.16. The third-order valence-corrected chi connectivity index (χ3v) is 2.13. The molecule has 0 saturated heterocycles. The predicted octanol–water partition coefficient (Wildman–Crippen LogP) is 0.969. The molecule has 0 rings (SSSR count). The Kier molecular flexibility index (Phi) is 6.19. The van der Waals surface area contributed by atoms with Gasteiger partial charge in [-0.1, -0.05) is 6.92 Å². The third-order valence-electron chi connectivity index (χ3n) is 2.13. The van der Waals surface area contributed by atoms with Crippen molar-refractivity contribution in [2.45, 2.75) is 26.7 Å². The average Bonchev–Trinajstić information content (AvgIpc) is 2.21. The second-order valence-electron chi connectivity index (χ2n) is 3.38. The van der Waals surface area contributed by atoms with E-state index < -0.39 is 11.9 Å². The minimum atomic E-state index is -0.891. The van der Waals surface area contributed by atoms with Gasteiger partial charge in [0.05, 0.1) is 5.92 Å². The highest BCUT2D eigenvalue weighted by molar-refractivity contribution is 5.77. The van der Waals surface area contributed by atoms with Crippen molar-refractivity contribution in [2.75, 3.05) is 13.1 Å². The van der Waals surface area contributed by atoms with E-state index in [4.69, 9.17) is 11.5 Å². The Morgan fingerprint density at radius 2 is 2.13 bits per heavy atom. The van der Waals surface area contributed by atoms with E-state index in [1.54, 1.807) is 6.92 Å². The molecule has 0 saturated carbocycles. The van der Waals surface area contributed by atoms with E-state index in [1.165, 1.54) is 4.90 Å². The van der Waals surface area contributed by atoms with Crippen LogP contribution < -0.4 is 0 Å². The number of hydrogen-bond acceptors (Lipinski definition) is 2. The molecule has 0 aliphatic heterocycles. The molecule has 0 fully saturated rings. The number of amides is 1. The molecular weight excluding hydrogens is 194 g/mol. The Bertz CT molecular complexity index is 267. The summed E-state index contributed by atoms with van der Waals surface area (Å²) >= 11 is 0. The number of hydrogen-bond donors (Lipinski definition) is 1. The predicted molar refractivity (Wildman–Crippen MR) is 57.1 cm³/mol. The van der Waals surface area contributed by atoms with Crippen molar-refractivity contribution in [1.29, 1.82) is 0 Å². The van der Waals surface area contributed by atoms with Crippen LogP contribution in [-0.2, 0) is 9.59 Å². The van der Waals surface area contributed by atoms with Crippen molar-refractivity contribution < 1.29 is 14.7 Å². The van der Waals surface area contributed by atoms with Crippen LogP contribution in [-0.4, -0.2) is 35.0 Å². The monoisotopic (exact) mass is 211 g/mol. The van der Waals surface area contributed by atoms with E-state index in [1.807, 2.05) is 6.92 Å². The van der Waals surface area contributed by atoms with Gasteiger partial charge in [0, 0.05) is 25.9 Å². The smallest absolute Gasteiger partial charge is 0.308 e. The lowest BCUT2D eigenvalue weighted by molar-refractivity contribution is -0.143. The molecule has 1 unspecified atom stereocenters. The van der Waals surface area contributed by atoms with Crippen LogP contribution in [0.3, 0.4) is 0 Å². The van der Waals surface area contributed by atoms with E-state index in [2.05, 4.69) is 5.92 Å². The Labute approximate surface area is 90.3 Å². The van der Waals surface area contributed by atoms with Gasteiger partial charge in [-0.25, -0.2) is 0 Å². The van der Waals surface area contributed by atoms with Crippen molar-refractivity contribution in [3.63, 3.8) is 0 Å². The van der Waals surface area contributed by atoms with Crippen molar-refractivity contribution in [3.05, 3.63) is 0 Å². The maximum Gasteiger partial charge on any atom is 0.308 e. The van der Waals surface area contributed by atoms with Crippen molar-refractivity contribution in [3.8, 4) is 12.3 Å². The number of carboxylic acid groups (broad SMARTS) is 1. The minimum absolute atomic E-state index is 0.0800. The summed E-state index contributed by atoms with van der Waals surface area (Å²) in [7, 11) is 0. The Hall–Kier alpha value is -1.50. The summed E-state index contributed by atoms with van der Waals surface area (Å²) in [5, 5.41) is 8.71. The van der Waals surface area contributed by atoms with Gasteiger partial charge >= 0.3 is 5.97 Å². The molecule has 4 nitrogen and oxygen atoms in total. The molecule has 0 aromatic rings. The fourth-order valence-corrected chi connectivity index (χ4v) is 1.15. The van der Waals surface area contributed by atoms with Crippen molar-refractivity contribution >= 4 is 11.9 Å². The summed E-state index contributed by atoms with van der Waals surface area (Å²) in [6, 6.07) is 0. The van der Waals surface area contributed by atoms with Crippen LogP contribution in [0, 0.1) is 18.3 Å². The molecule has 0 aliphatic carbocycles. The van der Waals surface area contributed by atoms with Crippen LogP contribution in [0.4, 0.5) is 0 Å². The number of rotatable bonds is 6. The SMILES string of the molecule is C#CCCC(=O)N(CC)CC(C)C(=O)O. The second-order valence-corrected chi connectivity index (χ2v) is 3.38. The van der Waals surface area contributed by atoms with Gasteiger partial charge in [0.1, 0.15) is 0 Å². The van der Waals surface area contributed by atoms with Gasteiger partial charge < -0.3 is 10.0 Å². The maximum absolute atomic E-state index is 11.5. The summed E-state index contributed by atoms with van der Waals surface area (Å²) in [6.07, 6.45) is 5.74. The second kappa shape index (κ2) is 6.88. The van der Waals surface area contributed by atoms with Gasteiger partial charge in [-0.15, -0.1) is 12.3 Å². The van der Waals surface area contributed by atoms with Crippen molar-refractivity contribution in [2.24, 2.45) is 5.92 Å². The fraction of sp³-hybridized carbons (Fsp3) is 0.636. The summed E-state index contributed by atoms with van der Waals surface area (Å²) in [5.74, 6) is 0.877. The standard InChI is InChI=1S/C11H17NO3/c1-4-6-7-10(13)12(5-2)8-9(3)11(14)15/h1,9H,5-8H2,2-3H3,(H,14,15). The quantitative estimate of drug-likeness (QED) is 0.666. The van der Waals surface area contributed by atoms with E-state index in [-0.39, 0.29) is 18.9 Å². The highest BCUT2D eigenvalue weighted by atomic mass is 16.4. The largest absolute Gasteiger partial charge is 0.481 e. The van der Waals surface area contributed by atoms with Crippen molar-refractivity contribution in [1.82, 2.24) is 4.90 Å². The zero-order valence-corrected chi connectivity index (χ0v) is 9.19. The minimum Gasteiger partial charge on any atom is -0.481 e. The first-order valence-corrected chi connectivity index (χ1v) is 4.97. The number of carbonyl (C=O) groups is 2. The Balaban J connectivity index is 4.18. The molecule has 1 atom stereocenters. The normalized spacial score (nSPS) is 11.5. The molecular formula is C11H17NO3. The molecule has 84 valence electrons. The molecule has 1 amide bonds. The molecule has 0 radical (unpaired) electrons. The van der Waals surface area contributed by atoms with Gasteiger partial charge in [-0.3, -0.25) is 9.59 Å². The number of carbonyl (C=O) groups excluding carboxylic acids is 1. The molecule has 0 heterocycles. The van der Waals surface area contributed by atoms with E-state index in [9.17, 15) is 9.59 Å².